The second-order valence-electron chi connectivity index (χ2n) is 4.99. The van der Waals surface area contributed by atoms with E-state index >= 15 is 0 Å². The van der Waals surface area contributed by atoms with Crippen LogP contribution in [0.1, 0.15) is 21.5 Å². The molecule has 0 spiro atoms. The molecular formula is C16H12N2O5. The van der Waals surface area contributed by atoms with Crippen LogP contribution in [0.3, 0.4) is 0 Å². The van der Waals surface area contributed by atoms with E-state index in [4.69, 9.17) is 5.11 Å². The lowest BCUT2D eigenvalue weighted by Gasteiger charge is -2.16. The summed E-state index contributed by atoms with van der Waals surface area (Å²) in [5.41, 5.74) is 1.99. The van der Waals surface area contributed by atoms with E-state index in [0.717, 1.165) is 11.6 Å². The number of aromatic hydroxyl groups is 2. The summed E-state index contributed by atoms with van der Waals surface area (Å²) >= 11 is 0. The third-order valence-corrected chi connectivity index (χ3v) is 3.49. The smallest absolute Gasteiger partial charge is 0.328 e. The summed E-state index contributed by atoms with van der Waals surface area (Å²) in [6.45, 7) is 0.261. The van der Waals surface area contributed by atoms with Gasteiger partial charge in [0.25, 0.3) is 5.91 Å². The van der Waals surface area contributed by atoms with Crippen molar-refractivity contribution in [3.63, 3.8) is 0 Å². The number of fused-ring (bicyclic) bond motifs is 1. The van der Waals surface area contributed by atoms with Crippen molar-refractivity contribution in [3.8, 4) is 11.8 Å². The maximum atomic E-state index is 12.5. The van der Waals surface area contributed by atoms with Gasteiger partial charge in [-0.15, -0.1) is 0 Å². The number of benzene rings is 1. The Balaban J connectivity index is 1.94. The first-order valence-electron chi connectivity index (χ1n) is 6.70. The number of hydrogen-bond donors (Lipinski definition) is 3. The molecule has 0 aliphatic carbocycles. The van der Waals surface area contributed by atoms with E-state index < -0.39 is 11.8 Å². The number of nitrogens with zero attached hydrogens (tertiary/aromatic N) is 2. The Morgan fingerprint density at radius 2 is 2.00 bits per heavy atom. The Morgan fingerprint density at radius 1 is 1.22 bits per heavy atom. The average molecular weight is 312 g/mol. The number of anilines is 1. The van der Waals surface area contributed by atoms with Crippen molar-refractivity contribution < 1.29 is 24.9 Å². The minimum Gasteiger partial charge on any atom is -0.493 e. The molecule has 1 aliphatic heterocycles. The second-order valence-corrected chi connectivity index (χ2v) is 4.99. The maximum absolute atomic E-state index is 12.5. The van der Waals surface area contributed by atoms with Crippen molar-refractivity contribution >= 4 is 23.6 Å². The summed E-state index contributed by atoms with van der Waals surface area (Å²) in [6, 6.07) is 7.74. The zero-order valence-electron chi connectivity index (χ0n) is 11.8. The van der Waals surface area contributed by atoms with Crippen LogP contribution in [0.4, 0.5) is 5.69 Å². The highest BCUT2D eigenvalue weighted by molar-refractivity contribution is 6.10. The molecule has 7 nitrogen and oxygen atoms in total. The summed E-state index contributed by atoms with van der Waals surface area (Å²) in [5, 5.41) is 27.7. The minimum atomic E-state index is -1.07. The Labute approximate surface area is 130 Å². The van der Waals surface area contributed by atoms with Gasteiger partial charge < -0.3 is 15.3 Å². The Bertz CT molecular complexity index is 844. The van der Waals surface area contributed by atoms with Gasteiger partial charge in [0, 0.05) is 17.7 Å². The maximum Gasteiger partial charge on any atom is 0.328 e. The fraction of sp³-hybridized carbons (Fsp3) is 0.0625. The molecule has 1 aromatic carbocycles. The molecule has 7 heteroatoms. The van der Waals surface area contributed by atoms with Crippen molar-refractivity contribution in [2.24, 2.45) is 0 Å². The van der Waals surface area contributed by atoms with Crippen LogP contribution in [0.5, 0.6) is 11.8 Å². The number of amides is 1. The molecule has 2 aromatic rings. The number of carboxylic acid groups (broad SMARTS) is 1. The van der Waals surface area contributed by atoms with Crippen molar-refractivity contribution in [1.29, 1.82) is 0 Å². The molecule has 0 saturated heterocycles. The molecule has 3 rings (SSSR count). The summed E-state index contributed by atoms with van der Waals surface area (Å²) in [5.74, 6) is -2.17. The first-order valence-corrected chi connectivity index (χ1v) is 6.70. The predicted octanol–water partition coefficient (Wildman–Crippen LogP) is 1.75. The van der Waals surface area contributed by atoms with Gasteiger partial charge in [-0.3, -0.25) is 9.69 Å². The molecule has 0 atom stereocenters. The van der Waals surface area contributed by atoms with Crippen LogP contribution in [0.25, 0.3) is 6.08 Å². The molecule has 0 saturated carbocycles. The van der Waals surface area contributed by atoms with Crippen molar-refractivity contribution in [2.45, 2.75) is 6.54 Å². The third kappa shape index (κ3) is 2.71. The zero-order chi connectivity index (χ0) is 16.6. The van der Waals surface area contributed by atoms with Gasteiger partial charge >= 0.3 is 5.97 Å². The monoisotopic (exact) mass is 312 g/mol. The molecule has 0 unspecified atom stereocenters. The molecule has 0 bridgehead atoms. The predicted molar refractivity (Wildman–Crippen MR) is 81.2 cm³/mol. The van der Waals surface area contributed by atoms with E-state index in [1.54, 1.807) is 18.2 Å². The summed E-state index contributed by atoms with van der Waals surface area (Å²) in [6.07, 6.45) is 2.40. The first-order chi connectivity index (χ1) is 11.0. The molecular weight excluding hydrogens is 300 g/mol. The first kappa shape index (κ1) is 14.6. The highest BCUT2D eigenvalue weighted by Crippen LogP contribution is 2.34. The van der Waals surface area contributed by atoms with Crippen LogP contribution in [-0.2, 0) is 11.3 Å². The number of carboxylic acids is 1. The van der Waals surface area contributed by atoms with E-state index in [-0.39, 0.29) is 24.0 Å². The van der Waals surface area contributed by atoms with Crippen LogP contribution in [0.2, 0.25) is 0 Å². The molecule has 0 radical (unpaired) electrons. The van der Waals surface area contributed by atoms with Gasteiger partial charge in [-0.1, -0.05) is 12.1 Å². The fourth-order valence-electron chi connectivity index (χ4n) is 2.43. The average Bonchev–Trinajstić information content (AvgIpc) is 2.82. The van der Waals surface area contributed by atoms with Gasteiger partial charge in [0.05, 0.1) is 6.54 Å². The Morgan fingerprint density at radius 3 is 2.70 bits per heavy atom. The number of carbonyl (C=O) groups excluding carboxylic acids is 1. The largest absolute Gasteiger partial charge is 0.493 e. The molecule has 2 heterocycles. The molecule has 1 aliphatic rings. The molecule has 1 amide bonds. The van der Waals surface area contributed by atoms with Crippen LogP contribution >= 0.6 is 0 Å². The summed E-state index contributed by atoms with van der Waals surface area (Å²) < 4.78 is 0. The van der Waals surface area contributed by atoms with Crippen molar-refractivity contribution in [2.75, 3.05) is 4.90 Å². The van der Waals surface area contributed by atoms with Crippen LogP contribution in [0.15, 0.2) is 36.4 Å². The highest BCUT2D eigenvalue weighted by atomic mass is 16.4. The fourth-order valence-corrected chi connectivity index (χ4v) is 2.43. The van der Waals surface area contributed by atoms with Gasteiger partial charge in [-0.2, -0.15) is 4.98 Å². The van der Waals surface area contributed by atoms with Gasteiger partial charge in [0.1, 0.15) is 5.69 Å². The molecule has 0 fully saturated rings. The number of rotatable bonds is 3. The minimum absolute atomic E-state index is 0.201. The summed E-state index contributed by atoms with van der Waals surface area (Å²) in [4.78, 5) is 27.9. The van der Waals surface area contributed by atoms with E-state index in [0.29, 0.717) is 11.1 Å². The molecule has 1 aromatic heterocycles. The zero-order valence-corrected chi connectivity index (χ0v) is 11.8. The van der Waals surface area contributed by atoms with Crippen LogP contribution in [0, 0.1) is 0 Å². The Hall–Kier alpha value is -3.35. The van der Waals surface area contributed by atoms with E-state index in [1.807, 2.05) is 0 Å². The van der Waals surface area contributed by atoms with Crippen LogP contribution < -0.4 is 4.90 Å². The molecule has 23 heavy (non-hydrogen) atoms. The SMILES string of the molecule is O=C(O)/C=C/c1ccc2c(c1)C(=O)N(c1ccc(O)nc1O)C2. The lowest BCUT2D eigenvalue weighted by molar-refractivity contribution is -0.131. The number of aromatic nitrogens is 1. The number of aliphatic carboxylic acids is 1. The standard InChI is InChI=1S/C16H12N2O5/c19-13-5-4-12(15(22)17-13)18-8-10-3-1-9(2-6-14(20)21)7-11(10)16(18)23/h1-7H,8H2,(H,20,21)(H2,17,19,22)/b6-2+. The second kappa shape index (κ2) is 5.45. The van der Waals surface area contributed by atoms with Gasteiger partial charge in [0.15, 0.2) is 0 Å². The molecule has 3 N–H and O–H groups in total. The topological polar surface area (TPSA) is 111 Å². The van der Waals surface area contributed by atoms with E-state index in [9.17, 15) is 19.8 Å². The van der Waals surface area contributed by atoms with E-state index in [2.05, 4.69) is 4.98 Å². The van der Waals surface area contributed by atoms with E-state index in [1.165, 1.54) is 23.1 Å². The van der Waals surface area contributed by atoms with Gasteiger partial charge in [-0.25, -0.2) is 4.79 Å². The highest BCUT2D eigenvalue weighted by Gasteiger charge is 2.30. The lowest BCUT2D eigenvalue weighted by Crippen LogP contribution is -2.23. The quantitative estimate of drug-likeness (QED) is 0.745. The normalized spacial score (nSPS) is 13.6. The third-order valence-electron chi connectivity index (χ3n) is 3.49. The molecule has 116 valence electrons. The van der Waals surface area contributed by atoms with Gasteiger partial charge in [0.2, 0.25) is 11.8 Å². The Kier molecular flexibility index (Phi) is 3.46. The van der Waals surface area contributed by atoms with Crippen LogP contribution in [-0.4, -0.2) is 32.2 Å². The van der Waals surface area contributed by atoms with Crippen molar-refractivity contribution in [1.82, 2.24) is 4.98 Å². The van der Waals surface area contributed by atoms with Gasteiger partial charge in [-0.05, 0) is 29.3 Å². The summed E-state index contributed by atoms with van der Waals surface area (Å²) in [7, 11) is 0. The van der Waals surface area contributed by atoms with Crippen molar-refractivity contribution in [3.05, 3.63) is 53.1 Å². The number of carbonyl (C=O) groups is 2. The lowest BCUT2D eigenvalue weighted by atomic mass is 10.1. The number of hydrogen-bond acceptors (Lipinski definition) is 5. The number of pyridine rings is 1.